The van der Waals surface area contributed by atoms with Crippen LogP contribution in [0.5, 0.6) is 0 Å². The number of benzene rings is 3. The van der Waals surface area contributed by atoms with E-state index < -0.39 is 11.2 Å². The second-order valence-electron chi connectivity index (χ2n) is 12.8. The van der Waals surface area contributed by atoms with Crippen LogP contribution in [0.4, 0.5) is 20.2 Å². The summed E-state index contributed by atoms with van der Waals surface area (Å²) in [5.41, 5.74) is 4.60. The molecule has 3 aromatic carbocycles. The van der Waals surface area contributed by atoms with Crippen LogP contribution in [0.1, 0.15) is 13.3 Å². The van der Waals surface area contributed by atoms with Gasteiger partial charge in [-0.25, -0.2) is 18.7 Å². The molecule has 2 amide bonds. The van der Waals surface area contributed by atoms with Crippen LogP contribution in [0.15, 0.2) is 91.3 Å². The van der Waals surface area contributed by atoms with Crippen LogP contribution >= 0.6 is 0 Å². The molecule has 0 aliphatic carbocycles. The fourth-order valence-electron chi connectivity index (χ4n) is 6.71. The molecule has 10 nitrogen and oxygen atoms in total. The van der Waals surface area contributed by atoms with Crippen LogP contribution in [0.3, 0.4) is 0 Å². The first-order valence-electron chi connectivity index (χ1n) is 16.2. The number of fused-ring (bicyclic) bond motifs is 1. The van der Waals surface area contributed by atoms with E-state index in [4.69, 9.17) is 0 Å². The molecular formula is C37H36F2N8O2. The predicted octanol–water partition coefficient (Wildman–Crippen LogP) is 5.52. The Bertz CT molecular complexity index is 2010. The third-order valence-corrected chi connectivity index (χ3v) is 9.64. The van der Waals surface area contributed by atoms with Gasteiger partial charge in [-0.2, -0.15) is 5.10 Å². The van der Waals surface area contributed by atoms with Crippen LogP contribution in [-0.2, 0) is 9.59 Å². The van der Waals surface area contributed by atoms with Crippen molar-refractivity contribution < 1.29 is 18.4 Å². The number of amides is 2. The molecule has 1 atom stereocenters. The second kappa shape index (κ2) is 13.2. The third kappa shape index (κ3) is 6.51. The molecule has 2 saturated heterocycles. The number of nitrogens with zero attached hydrogens (tertiary/aromatic N) is 6. The largest absolute Gasteiger partial charge is 0.368 e. The molecule has 2 fully saturated rings. The van der Waals surface area contributed by atoms with Crippen molar-refractivity contribution in [3.8, 4) is 22.6 Å². The van der Waals surface area contributed by atoms with E-state index in [0.717, 1.165) is 45.7 Å². The van der Waals surface area contributed by atoms with Gasteiger partial charge in [0.25, 0.3) is 0 Å². The molecule has 250 valence electrons. The Hall–Kier alpha value is -5.49. The summed E-state index contributed by atoms with van der Waals surface area (Å²) in [4.78, 5) is 41.5. The molecule has 4 heterocycles. The standard InChI is InChI=1S/C37H36F2N8O2/c1-24(2)37(36(49)42-29-9-12-32-31(19-29)34(44-43-32)25-3-7-27(38)8-4-25)13-14-45(23-37)22-33(48)47-17-15-46(16-18-47)30-10-5-26(6-11-30)35-40-20-28(39)21-41-35/h3-12,19-21H,1,13-18,22-23H2,2H3,(H,42,49)(H,43,44). The van der Waals surface area contributed by atoms with E-state index in [1.807, 2.05) is 59.2 Å². The van der Waals surface area contributed by atoms with E-state index in [-0.39, 0.29) is 24.2 Å². The van der Waals surface area contributed by atoms with Gasteiger partial charge in [0.15, 0.2) is 11.6 Å². The summed E-state index contributed by atoms with van der Waals surface area (Å²) >= 11 is 0. The van der Waals surface area contributed by atoms with Crippen molar-refractivity contribution in [1.29, 1.82) is 0 Å². The Balaban J connectivity index is 0.954. The van der Waals surface area contributed by atoms with Crippen LogP contribution in [0.2, 0.25) is 0 Å². The number of rotatable bonds is 8. The maximum absolute atomic E-state index is 13.9. The van der Waals surface area contributed by atoms with Gasteiger partial charge >= 0.3 is 0 Å². The van der Waals surface area contributed by atoms with E-state index in [1.165, 1.54) is 12.1 Å². The maximum Gasteiger partial charge on any atom is 0.236 e. The molecule has 7 rings (SSSR count). The van der Waals surface area contributed by atoms with Gasteiger partial charge in [0.2, 0.25) is 11.8 Å². The summed E-state index contributed by atoms with van der Waals surface area (Å²) in [6, 6.07) is 19.5. The van der Waals surface area contributed by atoms with Gasteiger partial charge < -0.3 is 15.1 Å². The monoisotopic (exact) mass is 662 g/mol. The number of aromatic amines is 1. The zero-order chi connectivity index (χ0) is 34.1. The highest BCUT2D eigenvalue weighted by Gasteiger charge is 2.46. The van der Waals surface area contributed by atoms with Gasteiger partial charge in [0, 0.05) is 67.2 Å². The Kier molecular flexibility index (Phi) is 8.64. The number of likely N-dealkylation sites (tertiary alicyclic amines) is 1. The second-order valence-corrected chi connectivity index (χ2v) is 12.8. The van der Waals surface area contributed by atoms with Crippen LogP contribution in [-0.4, -0.2) is 87.6 Å². The number of halogens is 2. The number of anilines is 2. The van der Waals surface area contributed by atoms with Crippen molar-refractivity contribution in [3.05, 3.63) is 103 Å². The van der Waals surface area contributed by atoms with Crippen molar-refractivity contribution in [2.75, 3.05) is 56.0 Å². The van der Waals surface area contributed by atoms with Crippen molar-refractivity contribution >= 4 is 34.1 Å². The van der Waals surface area contributed by atoms with Gasteiger partial charge in [-0.3, -0.25) is 19.6 Å². The summed E-state index contributed by atoms with van der Waals surface area (Å²) in [7, 11) is 0. The molecule has 0 bridgehead atoms. The van der Waals surface area contributed by atoms with Gasteiger partial charge in [0.1, 0.15) is 5.82 Å². The summed E-state index contributed by atoms with van der Waals surface area (Å²) in [6.07, 6.45) is 2.86. The van der Waals surface area contributed by atoms with Gasteiger partial charge in [-0.05, 0) is 80.1 Å². The fourth-order valence-corrected chi connectivity index (χ4v) is 6.71. The minimum Gasteiger partial charge on any atom is -0.368 e. The first kappa shape index (κ1) is 32.1. The molecule has 2 aromatic heterocycles. The van der Waals surface area contributed by atoms with Gasteiger partial charge in [-0.1, -0.05) is 12.2 Å². The Labute approximate surface area is 282 Å². The minimum atomic E-state index is -0.838. The topological polar surface area (TPSA) is 110 Å². The smallest absolute Gasteiger partial charge is 0.236 e. The van der Waals surface area contributed by atoms with E-state index >= 15 is 0 Å². The van der Waals surface area contributed by atoms with E-state index in [1.54, 1.807) is 12.1 Å². The maximum atomic E-state index is 13.9. The van der Waals surface area contributed by atoms with E-state index in [9.17, 15) is 18.4 Å². The van der Waals surface area contributed by atoms with E-state index in [0.29, 0.717) is 62.9 Å². The van der Waals surface area contributed by atoms with Crippen molar-refractivity contribution in [2.45, 2.75) is 13.3 Å². The molecule has 2 aliphatic heterocycles. The van der Waals surface area contributed by atoms with Crippen molar-refractivity contribution in [2.24, 2.45) is 5.41 Å². The third-order valence-electron chi connectivity index (χ3n) is 9.64. The molecule has 2 N–H and O–H groups in total. The molecule has 5 aromatic rings. The molecule has 49 heavy (non-hydrogen) atoms. The number of aromatic nitrogens is 4. The Morgan fingerprint density at radius 3 is 2.29 bits per heavy atom. The summed E-state index contributed by atoms with van der Waals surface area (Å²) in [6.45, 7) is 9.87. The van der Waals surface area contributed by atoms with E-state index in [2.05, 4.69) is 37.0 Å². The van der Waals surface area contributed by atoms with Crippen molar-refractivity contribution in [1.82, 2.24) is 30.0 Å². The summed E-state index contributed by atoms with van der Waals surface area (Å²) < 4.78 is 26.7. The summed E-state index contributed by atoms with van der Waals surface area (Å²) in [5, 5.41) is 11.3. The predicted molar refractivity (Wildman–Crippen MR) is 185 cm³/mol. The van der Waals surface area contributed by atoms with Gasteiger partial charge in [-0.15, -0.1) is 0 Å². The average Bonchev–Trinajstić information content (AvgIpc) is 3.74. The average molecular weight is 663 g/mol. The molecule has 2 aliphatic rings. The summed E-state index contributed by atoms with van der Waals surface area (Å²) in [5.74, 6) is -0.452. The highest BCUT2D eigenvalue weighted by atomic mass is 19.1. The van der Waals surface area contributed by atoms with Crippen molar-refractivity contribution in [3.63, 3.8) is 0 Å². The first-order valence-corrected chi connectivity index (χ1v) is 16.2. The van der Waals surface area contributed by atoms with Gasteiger partial charge in [0.05, 0.1) is 35.6 Å². The quantitative estimate of drug-likeness (QED) is 0.211. The molecule has 0 saturated carbocycles. The highest BCUT2D eigenvalue weighted by molar-refractivity contribution is 6.01. The van der Waals surface area contributed by atoms with Crippen LogP contribution < -0.4 is 10.2 Å². The highest BCUT2D eigenvalue weighted by Crippen LogP contribution is 2.39. The number of nitrogens with one attached hydrogen (secondary N) is 2. The zero-order valence-corrected chi connectivity index (χ0v) is 27.1. The normalized spacial score (nSPS) is 18.2. The number of carbonyl (C=O) groups excluding carboxylic acids is 2. The lowest BCUT2D eigenvalue weighted by Crippen LogP contribution is -2.51. The number of piperazine rings is 1. The Morgan fingerprint density at radius 2 is 1.59 bits per heavy atom. The fraction of sp³-hybridized carbons (Fsp3) is 0.270. The Morgan fingerprint density at radius 1 is 0.898 bits per heavy atom. The SMILES string of the molecule is C=C(C)C1(C(=O)Nc2ccc3[nH]nc(-c4ccc(F)cc4)c3c2)CCN(CC(=O)N2CCN(c3ccc(-c4ncc(F)cn4)cc3)CC2)C1. The molecular weight excluding hydrogens is 626 g/mol. The number of H-pyrrole nitrogens is 1. The zero-order valence-electron chi connectivity index (χ0n) is 27.1. The lowest BCUT2D eigenvalue weighted by molar-refractivity contribution is -0.133. The lowest BCUT2D eigenvalue weighted by atomic mass is 9.79. The lowest BCUT2D eigenvalue weighted by Gasteiger charge is -2.37. The molecule has 0 radical (unpaired) electrons. The number of hydrogen-bond acceptors (Lipinski definition) is 7. The molecule has 0 spiro atoms. The van der Waals surface area contributed by atoms with Crippen LogP contribution in [0, 0.1) is 17.0 Å². The number of hydrogen-bond donors (Lipinski definition) is 2. The first-order chi connectivity index (χ1) is 23.7. The number of carbonyl (C=O) groups is 2. The van der Waals surface area contributed by atoms with Crippen LogP contribution in [0.25, 0.3) is 33.5 Å². The molecule has 1 unspecified atom stereocenters. The minimum absolute atomic E-state index is 0.0418. The molecule has 12 heteroatoms.